The third-order valence-corrected chi connectivity index (χ3v) is 3.65. The topological polar surface area (TPSA) is 49.7 Å². The largest absolute Gasteiger partial charge is 0.454 e. The Morgan fingerprint density at radius 1 is 0.821 bits per heavy atom. The SMILES string of the molecule is Cc1ccc(C(=O)C(F)(F)F)c(C)c1.Cc1ccccc1C(=NO)C(F)(F)F. The summed E-state index contributed by atoms with van der Waals surface area (Å²) in [5.74, 6) is -1.78. The molecule has 0 bridgehead atoms. The van der Waals surface area contributed by atoms with Crippen LogP contribution in [-0.2, 0) is 0 Å². The predicted molar refractivity (Wildman–Crippen MR) is 91.9 cm³/mol. The number of ketones is 1. The number of carbonyl (C=O) groups excluding carboxylic acids is 1. The van der Waals surface area contributed by atoms with E-state index in [9.17, 15) is 31.1 Å². The van der Waals surface area contributed by atoms with Crippen molar-refractivity contribution in [2.75, 3.05) is 0 Å². The Bertz CT molecular complexity index is 869. The van der Waals surface area contributed by atoms with Gasteiger partial charge in [-0.25, -0.2) is 0 Å². The molecule has 0 saturated carbocycles. The average molecular weight is 405 g/mol. The molecule has 0 saturated heterocycles. The molecular formula is C19H17F6NO2. The number of rotatable bonds is 2. The smallest absolute Gasteiger partial charge is 0.410 e. The lowest BCUT2D eigenvalue weighted by molar-refractivity contribution is -0.0885. The molecule has 0 aromatic heterocycles. The van der Waals surface area contributed by atoms with Gasteiger partial charge in [0.2, 0.25) is 0 Å². The zero-order valence-electron chi connectivity index (χ0n) is 15.1. The number of hydrogen-bond acceptors (Lipinski definition) is 3. The maximum atomic E-state index is 12.3. The molecule has 0 spiro atoms. The second kappa shape index (κ2) is 8.90. The maximum Gasteiger partial charge on any atom is 0.454 e. The molecule has 0 aliphatic heterocycles. The van der Waals surface area contributed by atoms with Crippen molar-refractivity contribution in [2.24, 2.45) is 5.16 Å². The van der Waals surface area contributed by atoms with Crippen molar-refractivity contribution in [2.45, 2.75) is 33.1 Å². The first kappa shape index (κ1) is 23.2. The van der Waals surface area contributed by atoms with Crippen molar-refractivity contribution < 1.29 is 36.3 Å². The van der Waals surface area contributed by atoms with Gasteiger partial charge in [-0.3, -0.25) is 4.79 Å². The van der Waals surface area contributed by atoms with Gasteiger partial charge in [0.25, 0.3) is 5.78 Å². The minimum Gasteiger partial charge on any atom is -0.410 e. The lowest BCUT2D eigenvalue weighted by atomic mass is 10.0. The normalized spacial score (nSPS) is 12.2. The third kappa shape index (κ3) is 6.11. The van der Waals surface area contributed by atoms with Crippen LogP contribution in [0.2, 0.25) is 0 Å². The first-order chi connectivity index (χ1) is 12.8. The Labute approximate surface area is 157 Å². The Balaban J connectivity index is 0.000000280. The molecule has 0 fully saturated rings. The van der Waals surface area contributed by atoms with E-state index in [-0.39, 0.29) is 11.1 Å². The van der Waals surface area contributed by atoms with Crippen molar-refractivity contribution in [3.05, 3.63) is 70.3 Å². The van der Waals surface area contributed by atoms with Crippen LogP contribution in [0.25, 0.3) is 0 Å². The molecule has 1 N–H and O–H groups in total. The molecule has 0 radical (unpaired) electrons. The highest BCUT2D eigenvalue weighted by molar-refractivity contribution is 6.05. The van der Waals surface area contributed by atoms with E-state index in [1.807, 2.05) is 0 Å². The van der Waals surface area contributed by atoms with E-state index >= 15 is 0 Å². The Kier molecular flexibility index (Phi) is 7.37. The molecule has 0 aliphatic rings. The summed E-state index contributed by atoms with van der Waals surface area (Å²) in [7, 11) is 0. The van der Waals surface area contributed by atoms with Crippen LogP contribution >= 0.6 is 0 Å². The van der Waals surface area contributed by atoms with Gasteiger partial charge in [0.1, 0.15) is 0 Å². The molecule has 9 heteroatoms. The number of alkyl halides is 6. The quantitative estimate of drug-likeness (QED) is 0.226. The molecule has 0 atom stereocenters. The summed E-state index contributed by atoms with van der Waals surface area (Å²) in [6.45, 7) is 4.77. The summed E-state index contributed by atoms with van der Waals surface area (Å²) in [6.07, 6.45) is -9.43. The van der Waals surface area contributed by atoms with Crippen LogP contribution in [0, 0.1) is 20.8 Å². The Morgan fingerprint density at radius 3 is 1.82 bits per heavy atom. The first-order valence-electron chi connectivity index (χ1n) is 7.83. The number of benzene rings is 2. The standard InChI is InChI=1S/C10H9F3O.C9H8F3NO/c1-6-3-4-8(7(2)5-6)9(14)10(11,12)13;1-6-4-2-3-5-7(6)8(13-14)9(10,11)12/h3-5H,1-2H3;2-5,14H,1H3. The number of halogens is 6. The van der Waals surface area contributed by atoms with Gasteiger partial charge in [-0.2, -0.15) is 26.3 Å². The van der Waals surface area contributed by atoms with E-state index in [2.05, 4.69) is 5.16 Å². The van der Waals surface area contributed by atoms with E-state index in [1.165, 1.54) is 44.2 Å². The van der Waals surface area contributed by atoms with Crippen LogP contribution in [0.3, 0.4) is 0 Å². The summed E-state index contributed by atoms with van der Waals surface area (Å²) in [5.41, 5.74) is -0.0487. The van der Waals surface area contributed by atoms with Gasteiger partial charge in [0, 0.05) is 11.1 Å². The van der Waals surface area contributed by atoms with Crippen LogP contribution < -0.4 is 0 Å². The van der Waals surface area contributed by atoms with Crippen LogP contribution in [0.1, 0.15) is 32.6 Å². The average Bonchev–Trinajstić information content (AvgIpc) is 2.55. The summed E-state index contributed by atoms with van der Waals surface area (Å²) in [5, 5.41) is 10.6. The summed E-state index contributed by atoms with van der Waals surface area (Å²) in [6, 6.07) is 10.1. The molecule has 0 amide bonds. The first-order valence-corrected chi connectivity index (χ1v) is 7.83. The van der Waals surface area contributed by atoms with E-state index in [0.717, 1.165) is 5.56 Å². The van der Waals surface area contributed by atoms with E-state index in [4.69, 9.17) is 5.21 Å². The van der Waals surface area contributed by atoms with Gasteiger partial charge in [-0.1, -0.05) is 53.2 Å². The molecule has 0 aliphatic carbocycles. The number of carbonyl (C=O) groups is 1. The number of oxime groups is 1. The van der Waals surface area contributed by atoms with Crippen LogP contribution in [0.15, 0.2) is 47.6 Å². The number of hydrogen-bond donors (Lipinski definition) is 1. The molecule has 28 heavy (non-hydrogen) atoms. The molecular weight excluding hydrogens is 388 g/mol. The van der Waals surface area contributed by atoms with Crippen LogP contribution in [0.4, 0.5) is 26.3 Å². The molecule has 3 nitrogen and oxygen atoms in total. The lowest BCUT2D eigenvalue weighted by Gasteiger charge is -2.10. The molecule has 152 valence electrons. The van der Waals surface area contributed by atoms with E-state index in [1.54, 1.807) is 19.1 Å². The van der Waals surface area contributed by atoms with E-state index < -0.39 is 23.8 Å². The fourth-order valence-corrected chi connectivity index (χ4v) is 2.32. The minimum atomic E-state index is -4.79. The second-order valence-corrected chi connectivity index (χ2v) is 5.91. The predicted octanol–water partition coefficient (Wildman–Crippen LogP) is 5.78. The molecule has 2 aromatic rings. The van der Waals surface area contributed by atoms with E-state index in [0.29, 0.717) is 11.1 Å². The molecule has 0 heterocycles. The van der Waals surface area contributed by atoms with Crippen molar-refractivity contribution >= 4 is 11.5 Å². The molecule has 0 unspecified atom stereocenters. The minimum absolute atomic E-state index is 0.109. The summed E-state index contributed by atoms with van der Waals surface area (Å²) >= 11 is 0. The highest BCUT2D eigenvalue weighted by Gasteiger charge is 2.40. The van der Waals surface area contributed by atoms with Crippen molar-refractivity contribution in [3.63, 3.8) is 0 Å². The highest BCUT2D eigenvalue weighted by Crippen LogP contribution is 2.24. The van der Waals surface area contributed by atoms with Crippen LogP contribution in [0.5, 0.6) is 0 Å². The van der Waals surface area contributed by atoms with Gasteiger partial charge < -0.3 is 5.21 Å². The fraction of sp³-hybridized carbons (Fsp3) is 0.263. The monoisotopic (exact) mass is 405 g/mol. The highest BCUT2D eigenvalue weighted by atomic mass is 19.4. The summed E-state index contributed by atoms with van der Waals surface area (Å²) < 4.78 is 73.1. The molecule has 2 rings (SSSR count). The van der Waals surface area contributed by atoms with Gasteiger partial charge in [-0.05, 0) is 31.9 Å². The lowest BCUT2D eigenvalue weighted by Crippen LogP contribution is -2.24. The Hall–Kier alpha value is -2.84. The second-order valence-electron chi connectivity index (χ2n) is 5.91. The molecule has 2 aromatic carbocycles. The third-order valence-electron chi connectivity index (χ3n) is 3.65. The maximum absolute atomic E-state index is 12.3. The van der Waals surface area contributed by atoms with Gasteiger partial charge in [0.05, 0.1) is 0 Å². The number of aryl methyl sites for hydroxylation is 3. The number of Topliss-reactive ketones (excluding diaryl/α,β-unsaturated/α-hetero) is 1. The fourth-order valence-electron chi connectivity index (χ4n) is 2.32. The van der Waals surface area contributed by atoms with Crippen molar-refractivity contribution in [1.29, 1.82) is 0 Å². The van der Waals surface area contributed by atoms with Gasteiger partial charge >= 0.3 is 12.4 Å². The summed E-state index contributed by atoms with van der Waals surface area (Å²) in [4.78, 5) is 10.9. The van der Waals surface area contributed by atoms with Crippen molar-refractivity contribution in [3.8, 4) is 0 Å². The Morgan fingerprint density at radius 2 is 1.39 bits per heavy atom. The van der Waals surface area contributed by atoms with Crippen molar-refractivity contribution in [1.82, 2.24) is 0 Å². The van der Waals surface area contributed by atoms with Crippen LogP contribution in [-0.4, -0.2) is 29.1 Å². The zero-order chi connectivity index (χ0) is 21.7. The van der Waals surface area contributed by atoms with Gasteiger partial charge in [0.15, 0.2) is 5.71 Å². The van der Waals surface area contributed by atoms with Gasteiger partial charge in [-0.15, -0.1) is 0 Å². The zero-order valence-corrected chi connectivity index (χ0v) is 15.1. The number of nitrogens with zero attached hydrogens (tertiary/aromatic N) is 1.